The fourth-order valence-corrected chi connectivity index (χ4v) is 0.859. The molecule has 0 aromatic heterocycles. The van der Waals surface area contributed by atoms with Crippen LogP contribution in [0, 0.1) is 4.91 Å². The maximum atomic E-state index is 10.9. The van der Waals surface area contributed by atoms with Crippen molar-refractivity contribution in [2.75, 3.05) is 6.54 Å². The average molecular weight is 140 g/mol. The lowest BCUT2D eigenvalue weighted by molar-refractivity contribution is -0.115. The van der Waals surface area contributed by atoms with Gasteiger partial charge in [-0.25, -0.2) is 5.01 Å². The number of allylic oxidation sites excluding steroid dienone is 1. The van der Waals surface area contributed by atoms with Crippen LogP contribution in [0.1, 0.15) is 13.8 Å². The summed E-state index contributed by atoms with van der Waals surface area (Å²) >= 11 is 0. The molecule has 0 N–H and O–H groups in total. The van der Waals surface area contributed by atoms with Crippen LogP contribution in [-0.2, 0) is 4.79 Å². The number of carbonyl (C=O) groups excluding carboxylic acids is 1. The van der Waals surface area contributed by atoms with Crippen LogP contribution in [0.3, 0.4) is 0 Å². The molecule has 0 saturated heterocycles. The minimum Gasteiger partial charge on any atom is -0.292 e. The van der Waals surface area contributed by atoms with Crippen molar-refractivity contribution in [1.82, 2.24) is 5.01 Å². The Balaban J connectivity index is 2.93. The first kappa shape index (κ1) is 6.92. The molecule has 1 rings (SSSR count). The highest BCUT2D eigenvalue weighted by Crippen LogP contribution is 2.18. The SMILES string of the molecule is CC1=C(C)N(N=O)CC1=O. The molecule has 0 aliphatic carbocycles. The molecule has 0 aromatic rings. The number of rotatable bonds is 1. The van der Waals surface area contributed by atoms with E-state index in [9.17, 15) is 9.70 Å². The highest BCUT2D eigenvalue weighted by Gasteiger charge is 2.23. The van der Waals surface area contributed by atoms with Gasteiger partial charge < -0.3 is 0 Å². The van der Waals surface area contributed by atoms with E-state index in [4.69, 9.17) is 0 Å². The van der Waals surface area contributed by atoms with E-state index in [1.54, 1.807) is 13.8 Å². The van der Waals surface area contributed by atoms with Crippen LogP contribution in [0.5, 0.6) is 0 Å². The molecular weight excluding hydrogens is 132 g/mol. The number of Topliss-reactive ketones (excluding diaryl/α,β-unsaturated/α-hetero) is 1. The third kappa shape index (κ3) is 0.814. The van der Waals surface area contributed by atoms with Gasteiger partial charge in [-0.2, -0.15) is 0 Å². The molecule has 4 heteroatoms. The van der Waals surface area contributed by atoms with E-state index in [1.807, 2.05) is 0 Å². The molecule has 1 heterocycles. The number of nitrogens with zero attached hydrogens (tertiary/aromatic N) is 2. The molecule has 0 bridgehead atoms. The van der Waals surface area contributed by atoms with Gasteiger partial charge in [0.25, 0.3) is 0 Å². The predicted octanol–water partition coefficient (Wildman–Crippen LogP) is 0.846. The number of ketones is 1. The van der Waals surface area contributed by atoms with E-state index < -0.39 is 0 Å². The van der Waals surface area contributed by atoms with E-state index in [2.05, 4.69) is 5.29 Å². The van der Waals surface area contributed by atoms with Crippen molar-refractivity contribution in [3.8, 4) is 0 Å². The molecule has 1 aliphatic rings. The average Bonchev–Trinajstić information content (AvgIpc) is 2.17. The molecule has 10 heavy (non-hydrogen) atoms. The van der Waals surface area contributed by atoms with E-state index in [0.29, 0.717) is 11.3 Å². The monoisotopic (exact) mass is 140 g/mol. The molecule has 0 spiro atoms. The standard InChI is InChI=1S/C6H8N2O2/c1-4-5(2)8(7-10)3-6(4)9/h3H2,1-2H3. The van der Waals surface area contributed by atoms with Gasteiger partial charge in [0.1, 0.15) is 6.54 Å². The summed E-state index contributed by atoms with van der Waals surface area (Å²) in [6.07, 6.45) is 0. The van der Waals surface area contributed by atoms with Crippen molar-refractivity contribution in [2.24, 2.45) is 5.29 Å². The largest absolute Gasteiger partial charge is 0.292 e. The Labute approximate surface area is 58.5 Å². The van der Waals surface area contributed by atoms with Crippen LogP contribution in [0.4, 0.5) is 0 Å². The molecule has 0 saturated carbocycles. The zero-order chi connectivity index (χ0) is 7.72. The van der Waals surface area contributed by atoms with Crippen molar-refractivity contribution in [3.05, 3.63) is 16.2 Å². The summed E-state index contributed by atoms with van der Waals surface area (Å²) in [5.74, 6) is -0.0166. The van der Waals surface area contributed by atoms with Gasteiger partial charge in [0.15, 0.2) is 5.78 Å². The summed E-state index contributed by atoms with van der Waals surface area (Å²) in [6.45, 7) is 3.52. The molecule has 4 nitrogen and oxygen atoms in total. The van der Waals surface area contributed by atoms with E-state index in [-0.39, 0.29) is 12.3 Å². The summed E-state index contributed by atoms with van der Waals surface area (Å²) in [5.41, 5.74) is 1.31. The highest BCUT2D eigenvalue weighted by molar-refractivity contribution is 5.99. The number of nitroso groups, excluding NO2 is 1. The summed E-state index contributed by atoms with van der Waals surface area (Å²) in [7, 11) is 0. The number of hydrogen-bond acceptors (Lipinski definition) is 3. The molecular formula is C6H8N2O2. The van der Waals surface area contributed by atoms with Gasteiger partial charge in [-0.3, -0.25) is 4.79 Å². The molecule has 0 aromatic carbocycles. The minimum absolute atomic E-state index is 0.0166. The first-order valence-corrected chi connectivity index (χ1v) is 2.98. The van der Waals surface area contributed by atoms with Crippen molar-refractivity contribution in [3.63, 3.8) is 0 Å². The lowest BCUT2D eigenvalue weighted by atomic mass is 10.2. The summed E-state index contributed by atoms with van der Waals surface area (Å²) in [4.78, 5) is 20.9. The predicted molar refractivity (Wildman–Crippen MR) is 35.9 cm³/mol. The summed E-state index contributed by atoms with van der Waals surface area (Å²) in [6, 6.07) is 0. The third-order valence-corrected chi connectivity index (χ3v) is 1.74. The Morgan fingerprint density at radius 2 is 2.10 bits per heavy atom. The fourth-order valence-electron chi connectivity index (χ4n) is 0.859. The Bertz CT molecular complexity index is 220. The molecule has 54 valence electrons. The van der Waals surface area contributed by atoms with Crippen molar-refractivity contribution in [2.45, 2.75) is 13.8 Å². The smallest absolute Gasteiger partial charge is 0.181 e. The van der Waals surface area contributed by atoms with Gasteiger partial charge >= 0.3 is 0 Å². The van der Waals surface area contributed by atoms with Gasteiger partial charge in [0, 0.05) is 11.3 Å². The Hall–Kier alpha value is -1.19. The molecule has 0 unspecified atom stereocenters. The second kappa shape index (κ2) is 2.21. The lowest BCUT2D eigenvalue weighted by Gasteiger charge is -2.04. The highest BCUT2D eigenvalue weighted by atomic mass is 16.3. The van der Waals surface area contributed by atoms with Crippen LogP contribution in [0.25, 0.3) is 0 Å². The van der Waals surface area contributed by atoms with Gasteiger partial charge in [-0.1, -0.05) is 0 Å². The second-order valence-corrected chi connectivity index (χ2v) is 2.27. The van der Waals surface area contributed by atoms with Gasteiger partial charge in [-0.15, -0.1) is 4.91 Å². The van der Waals surface area contributed by atoms with E-state index in [1.165, 1.54) is 0 Å². The van der Waals surface area contributed by atoms with Crippen LogP contribution >= 0.6 is 0 Å². The van der Waals surface area contributed by atoms with E-state index in [0.717, 1.165) is 5.01 Å². The first-order valence-electron chi connectivity index (χ1n) is 2.98. The zero-order valence-electron chi connectivity index (χ0n) is 5.92. The normalized spacial score (nSPS) is 18.6. The molecule has 1 aliphatic heterocycles. The summed E-state index contributed by atoms with van der Waals surface area (Å²) in [5, 5.41) is 3.84. The molecule has 0 radical (unpaired) electrons. The van der Waals surface area contributed by atoms with Crippen LogP contribution in [0.15, 0.2) is 16.6 Å². The van der Waals surface area contributed by atoms with E-state index >= 15 is 0 Å². The number of carbonyl (C=O) groups is 1. The van der Waals surface area contributed by atoms with Gasteiger partial charge in [-0.05, 0) is 13.8 Å². The van der Waals surface area contributed by atoms with Crippen LogP contribution in [0.2, 0.25) is 0 Å². The maximum absolute atomic E-state index is 10.9. The lowest BCUT2D eigenvalue weighted by Crippen LogP contribution is -2.13. The van der Waals surface area contributed by atoms with Crippen molar-refractivity contribution in [1.29, 1.82) is 0 Å². The Kier molecular flexibility index (Phi) is 1.53. The maximum Gasteiger partial charge on any atom is 0.181 e. The zero-order valence-corrected chi connectivity index (χ0v) is 5.92. The van der Waals surface area contributed by atoms with Crippen molar-refractivity contribution < 1.29 is 4.79 Å². The summed E-state index contributed by atoms with van der Waals surface area (Å²) < 4.78 is 0. The number of hydrogen-bond donors (Lipinski definition) is 0. The topological polar surface area (TPSA) is 49.7 Å². The van der Waals surface area contributed by atoms with Gasteiger partial charge in [0.05, 0.1) is 5.29 Å². The Morgan fingerprint density at radius 3 is 2.30 bits per heavy atom. The molecule has 0 fully saturated rings. The minimum atomic E-state index is -0.0166. The second-order valence-electron chi connectivity index (χ2n) is 2.27. The van der Waals surface area contributed by atoms with Crippen LogP contribution < -0.4 is 0 Å². The van der Waals surface area contributed by atoms with Gasteiger partial charge in [0.2, 0.25) is 0 Å². The fraction of sp³-hybridized carbons (Fsp3) is 0.500. The van der Waals surface area contributed by atoms with Crippen LogP contribution in [-0.4, -0.2) is 17.3 Å². The third-order valence-electron chi connectivity index (χ3n) is 1.74. The van der Waals surface area contributed by atoms with Crippen molar-refractivity contribution >= 4 is 5.78 Å². The molecule has 0 atom stereocenters. The quantitative estimate of drug-likeness (QED) is 0.507. The first-order chi connectivity index (χ1) is 4.66. The molecule has 0 amide bonds. The Morgan fingerprint density at radius 1 is 1.50 bits per heavy atom.